The third-order valence-corrected chi connectivity index (χ3v) is 8.68. The zero-order valence-electron chi connectivity index (χ0n) is 21.0. The van der Waals surface area contributed by atoms with Crippen molar-refractivity contribution in [1.82, 2.24) is 4.90 Å². The highest BCUT2D eigenvalue weighted by Gasteiger charge is 2.50. The maximum atomic E-state index is 13.8. The highest BCUT2D eigenvalue weighted by atomic mass is 32.2. The van der Waals surface area contributed by atoms with Gasteiger partial charge in [-0.05, 0) is 58.4 Å². The van der Waals surface area contributed by atoms with Crippen molar-refractivity contribution in [1.29, 1.82) is 0 Å². The average molecular weight is 502 g/mol. The van der Waals surface area contributed by atoms with Gasteiger partial charge in [-0.15, -0.1) is 0 Å². The molecule has 0 saturated carbocycles. The van der Waals surface area contributed by atoms with E-state index in [1.165, 1.54) is 19.2 Å². The molecule has 1 fully saturated rings. The van der Waals surface area contributed by atoms with Gasteiger partial charge in [0.15, 0.2) is 9.84 Å². The summed E-state index contributed by atoms with van der Waals surface area (Å²) >= 11 is 0. The quantitative estimate of drug-likeness (QED) is 0.501. The Hall–Kier alpha value is -2.71. The summed E-state index contributed by atoms with van der Waals surface area (Å²) in [6, 6.07) is 16.8. The Labute approximate surface area is 208 Å². The third kappa shape index (κ3) is 6.30. The van der Waals surface area contributed by atoms with Crippen LogP contribution in [0.25, 0.3) is 0 Å². The molecule has 0 amide bonds. The summed E-state index contributed by atoms with van der Waals surface area (Å²) in [7, 11) is -2.66. The topological polar surface area (TPSA) is 90.0 Å². The first-order valence-electron chi connectivity index (χ1n) is 11.8. The normalized spacial score (nSPS) is 20.7. The summed E-state index contributed by atoms with van der Waals surface area (Å²) in [4.78, 5) is 28.0. The lowest BCUT2D eigenvalue weighted by Crippen LogP contribution is -2.47. The number of nitrogens with zero attached hydrogens (tertiary/aromatic N) is 1. The number of hydrogen-bond acceptors (Lipinski definition) is 7. The van der Waals surface area contributed by atoms with Crippen LogP contribution in [-0.2, 0) is 28.9 Å². The van der Waals surface area contributed by atoms with Crippen LogP contribution < -0.4 is 0 Å². The van der Waals surface area contributed by atoms with Gasteiger partial charge in [0.2, 0.25) is 0 Å². The highest BCUT2D eigenvalue weighted by Crippen LogP contribution is 2.40. The van der Waals surface area contributed by atoms with Crippen LogP contribution in [0.2, 0.25) is 0 Å². The number of likely N-dealkylation sites (tertiary alicyclic amines) is 1. The molecule has 7 nitrogen and oxygen atoms in total. The second-order valence-electron chi connectivity index (χ2n) is 9.93. The van der Waals surface area contributed by atoms with E-state index in [2.05, 4.69) is 0 Å². The fourth-order valence-electron chi connectivity index (χ4n) is 4.84. The van der Waals surface area contributed by atoms with Gasteiger partial charge >= 0.3 is 11.9 Å². The first-order chi connectivity index (χ1) is 16.5. The van der Waals surface area contributed by atoms with Crippen molar-refractivity contribution >= 4 is 21.8 Å². The fraction of sp³-hybridized carbons (Fsp3) is 0.481. The second kappa shape index (κ2) is 10.9. The third-order valence-electron chi connectivity index (χ3n) is 6.44. The van der Waals surface area contributed by atoms with Crippen LogP contribution in [0.1, 0.15) is 52.1 Å². The molecule has 0 bridgehead atoms. The molecule has 0 N–H and O–H groups in total. The number of ether oxygens (including phenoxy) is 2. The van der Waals surface area contributed by atoms with Crippen molar-refractivity contribution in [3.05, 3.63) is 66.2 Å². The largest absolute Gasteiger partial charge is 0.468 e. The monoisotopic (exact) mass is 501 g/mol. The average Bonchev–Trinajstić information content (AvgIpc) is 3.26. The molecule has 8 heteroatoms. The van der Waals surface area contributed by atoms with Crippen LogP contribution in [0.5, 0.6) is 0 Å². The van der Waals surface area contributed by atoms with Crippen LogP contribution in [0.15, 0.2) is 65.6 Å². The summed E-state index contributed by atoms with van der Waals surface area (Å²) < 4.78 is 38.3. The molecule has 1 aliphatic heterocycles. The van der Waals surface area contributed by atoms with E-state index in [4.69, 9.17) is 9.47 Å². The van der Waals surface area contributed by atoms with Crippen molar-refractivity contribution in [2.45, 2.75) is 68.4 Å². The Morgan fingerprint density at radius 3 is 2.14 bits per heavy atom. The minimum atomic E-state index is -3.96. The van der Waals surface area contributed by atoms with E-state index < -0.39 is 44.6 Å². The van der Waals surface area contributed by atoms with E-state index in [-0.39, 0.29) is 17.4 Å². The fourth-order valence-corrected chi connectivity index (χ4v) is 6.83. The number of carbonyl (C=O) groups excluding carboxylic acids is 2. The number of benzene rings is 2. The van der Waals surface area contributed by atoms with Gasteiger partial charge in [-0.1, -0.05) is 48.5 Å². The van der Waals surface area contributed by atoms with Gasteiger partial charge in [-0.2, -0.15) is 0 Å². The SMILES string of the molecule is COC(=O)[C@@H]1[C@H](C(CC(=O)OC(C)(C)C)S(=O)(=O)c2ccccc2)CCN1[C@@H](C)c1ccccc1. The zero-order valence-corrected chi connectivity index (χ0v) is 21.8. The molecule has 2 aromatic rings. The van der Waals surface area contributed by atoms with Crippen LogP contribution in [0, 0.1) is 5.92 Å². The summed E-state index contributed by atoms with van der Waals surface area (Å²) in [5.41, 5.74) is 0.250. The molecule has 3 rings (SSSR count). The van der Waals surface area contributed by atoms with E-state index in [0.29, 0.717) is 13.0 Å². The predicted molar refractivity (Wildman–Crippen MR) is 133 cm³/mol. The van der Waals surface area contributed by atoms with Gasteiger partial charge in [0, 0.05) is 12.0 Å². The molecule has 1 saturated heterocycles. The van der Waals surface area contributed by atoms with E-state index in [0.717, 1.165) is 5.56 Å². The van der Waals surface area contributed by atoms with Gasteiger partial charge < -0.3 is 9.47 Å². The number of sulfone groups is 1. The van der Waals surface area contributed by atoms with Crippen LogP contribution >= 0.6 is 0 Å². The number of esters is 2. The molecular weight excluding hydrogens is 466 g/mol. The summed E-state index contributed by atoms with van der Waals surface area (Å²) in [6.07, 6.45) is 0.0800. The van der Waals surface area contributed by atoms with Crippen LogP contribution in [-0.4, -0.2) is 55.8 Å². The smallest absolute Gasteiger partial charge is 0.323 e. The number of methoxy groups -OCH3 is 1. The minimum absolute atomic E-state index is 0.117. The Kier molecular flexibility index (Phi) is 8.38. The molecule has 0 aromatic heterocycles. The van der Waals surface area contributed by atoms with Gasteiger partial charge in [-0.3, -0.25) is 14.5 Å². The maximum absolute atomic E-state index is 13.8. The summed E-state index contributed by atoms with van der Waals surface area (Å²) in [5, 5.41) is -1.14. The first-order valence-corrected chi connectivity index (χ1v) is 13.4. The molecule has 1 unspecified atom stereocenters. The highest BCUT2D eigenvalue weighted by molar-refractivity contribution is 7.92. The van der Waals surface area contributed by atoms with Crippen molar-refractivity contribution < 1.29 is 27.5 Å². The second-order valence-corrected chi connectivity index (χ2v) is 12.1. The molecule has 4 atom stereocenters. The summed E-state index contributed by atoms with van der Waals surface area (Å²) in [5.74, 6) is -1.76. The number of hydrogen-bond donors (Lipinski definition) is 0. The van der Waals surface area contributed by atoms with Crippen molar-refractivity contribution in [3.8, 4) is 0 Å². The van der Waals surface area contributed by atoms with E-state index in [1.54, 1.807) is 39.0 Å². The molecule has 2 aromatic carbocycles. The van der Waals surface area contributed by atoms with Gasteiger partial charge in [0.25, 0.3) is 0 Å². The Morgan fingerprint density at radius 2 is 1.60 bits per heavy atom. The van der Waals surface area contributed by atoms with Gasteiger partial charge in [0.1, 0.15) is 11.6 Å². The molecule has 0 spiro atoms. The first kappa shape index (κ1) is 26.9. The van der Waals surface area contributed by atoms with E-state index in [1.807, 2.05) is 42.2 Å². The minimum Gasteiger partial charge on any atom is -0.468 e. The van der Waals surface area contributed by atoms with Crippen LogP contribution in [0.3, 0.4) is 0 Å². The predicted octanol–water partition coefficient (Wildman–Crippen LogP) is 4.19. The molecule has 0 aliphatic carbocycles. The Balaban J connectivity index is 2.03. The molecule has 1 aliphatic rings. The van der Waals surface area contributed by atoms with Crippen molar-refractivity contribution in [2.24, 2.45) is 5.92 Å². The van der Waals surface area contributed by atoms with E-state index >= 15 is 0 Å². The molecular formula is C27H35NO6S. The molecule has 0 radical (unpaired) electrons. The molecule has 190 valence electrons. The van der Waals surface area contributed by atoms with Gasteiger partial charge in [-0.25, -0.2) is 8.42 Å². The van der Waals surface area contributed by atoms with Crippen molar-refractivity contribution in [2.75, 3.05) is 13.7 Å². The lowest BCUT2D eigenvalue weighted by atomic mass is 9.93. The van der Waals surface area contributed by atoms with Crippen LogP contribution in [0.4, 0.5) is 0 Å². The maximum Gasteiger partial charge on any atom is 0.323 e. The zero-order chi connectivity index (χ0) is 25.8. The Morgan fingerprint density at radius 1 is 1.03 bits per heavy atom. The number of carbonyl (C=O) groups is 2. The number of rotatable bonds is 8. The van der Waals surface area contributed by atoms with E-state index in [9.17, 15) is 18.0 Å². The van der Waals surface area contributed by atoms with Gasteiger partial charge in [0.05, 0.1) is 23.7 Å². The van der Waals surface area contributed by atoms with Crippen molar-refractivity contribution in [3.63, 3.8) is 0 Å². The summed E-state index contributed by atoms with van der Waals surface area (Å²) in [6.45, 7) is 7.70. The lowest BCUT2D eigenvalue weighted by molar-refractivity contribution is -0.156. The standard InChI is InChI=1S/C27H35NO6S/c1-19(20-12-8-6-9-13-20)28-17-16-22(25(28)26(30)33-5)23(18-24(29)34-27(2,3)4)35(31,32)21-14-10-7-11-15-21/h6-15,19,22-23,25H,16-18H2,1-5H3/t19-,22-,23?,25-/m0/s1. The lowest BCUT2D eigenvalue weighted by Gasteiger charge is -2.34. The molecule has 35 heavy (non-hydrogen) atoms. The Bertz CT molecular complexity index is 1110. The molecule has 1 heterocycles.